The average Bonchev–Trinajstić information content (AvgIpc) is 3.03. The fraction of sp³-hybridized carbons (Fsp3) is 0.188. The van der Waals surface area contributed by atoms with Crippen molar-refractivity contribution in [2.75, 3.05) is 5.32 Å². The molecular formula is C16H16ClN3O2S. The highest BCUT2D eigenvalue weighted by molar-refractivity contribution is 7.12. The molecule has 0 saturated carbocycles. The molecule has 5 nitrogen and oxygen atoms in total. The first-order valence-electron chi connectivity index (χ1n) is 6.88. The molecule has 0 fully saturated rings. The van der Waals surface area contributed by atoms with Crippen molar-refractivity contribution >= 4 is 46.2 Å². The molecule has 0 radical (unpaired) electrons. The van der Waals surface area contributed by atoms with Gasteiger partial charge in [-0.15, -0.1) is 11.3 Å². The lowest BCUT2D eigenvalue weighted by atomic mass is 10.2. The quantitative estimate of drug-likeness (QED) is 0.636. The topological polar surface area (TPSA) is 70.6 Å². The number of halogens is 1. The van der Waals surface area contributed by atoms with Crippen LogP contribution in [0.15, 0.2) is 40.8 Å². The lowest BCUT2D eigenvalue weighted by Crippen LogP contribution is -2.20. The van der Waals surface area contributed by atoms with E-state index in [0.29, 0.717) is 21.3 Å². The zero-order chi connectivity index (χ0) is 16.8. The van der Waals surface area contributed by atoms with Crippen molar-refractivity contribution in [3.8, 4) is 0 Å². The number of carbonyl (C=O) groups excluding carboxylic acids is 2. The summed E-state index contributed by atoms with van der Waals surface area (Å²) in [6.07, 6.45) is 0.0796. The van der Waals surface area contributed by atoms with Gasteiger partial charge in [0.15, 0.2) is 0 Å². The van der Waals surface area contributed by atoms with E-state index in [9.17, 15) is 9.59 Å². The van der Waals surface area contributed by atoms with Crippen LogP contribution >= 0.6 is 22.9 Å². The number of aryl methyl sites for hydroxylation is 1. The van der Waals surface area contributed by atoms with Gasteiger partial charge >= 0.3 is 0 Å². The van der Waals surface area contributed by atoms with Crippen LogP contribution in [0.2, 0.25) is 5.02 Å². The van der Waals surface area contributed by atoms with Crippen LogP contribution in [0.3, 0.4) is 0 Å². The Balaban J connectivity index is 1.87. The minimum Gasteiger partial charge on any atom is -0.326 e. The number of amides is 2. The number of hydrogen-bond donors (Lipinski definition) is 2. The first kappa shape index (κ1) is 17.2. The molecule has 2 amide bonds. The first-order chi connectivity index (χ1) is 11.0. The van der Waals surface area contributed by atoms with E-state index in [4.69, 9.17) is 11.6 Å². The number of hydrazone groups is 1. The summed E-state index contributed by atoms with van der Waals surface area (Å²) in [4.78, 5) is 24.2. The minimum absolute atomic E-state index is 0.0796. The number of nitrogens with zero attached hydrogens (tertiary/aromatic N) is 1. The molecule has 0 aliphatic carbocycles. The zero-order valence-electron chi connectivity index (χ0n) is 12.7. The summed E-state index contributed by atoms with van der Waals surface area (Å²) in [5.74, 6) is -0.512. The highest BCUT2D eigenvalue weighted by Gasteiger charge is 2.08. The molecule has 1 aromatic heterocycles. The monoisotopic (exact) mass is 349 g/mol. The first-order valence-corrected chi connectivity index (χ1v) is 8.14. The van der Waals surface area contributed by atoms with Gasteiger partial charge in [-0.3, -0.25) is 9.59 Å². The molecule has 0 bridgehead atoms. The summed E-state index contributed by atoms with van der Waals surface area (Å²) < 4.78 is 0. The second-order valence-electron chi connectivity index (χ2n) is 4.95. The maximum Gasteiger partial charge on any atom is 0.281 e. The molecule has 0 atom stereocenters. The van der Waals surface area contributed by atoms with Gasteiger partial charge in [0.05, 0.1) is 11.3 Å². The second kappa shape index (κ2) is 7.89. The third-order valence-electron chi connectivity index (χ3n) is 2.97. The number of anilines is 1. The predicted octanol–water partition coefficient (Wildman–Crippen LogP) is 3.84. The van der Waals surface area contributed by atoms with Gasteiger partial charge < -0.3 is 5.32 Å². The highest BCUT2D eigenvalue weighted by atomic mass is 35.5. The Morgan fingerprint density at radius 2 is 2.09 bits per heavy atom. The second-order valence-corrected chi connectivity index (χ2v) is 6.31. The van der Waals surface area contributed by atoms with Crippen LogP contribution < -0.4 is 10.7 Å². The molecule has 2 aromatic rings. The van der Waals surface area contributed by atoms with Crippen LogP contribution in [0.1, 0.15) is 28.6 Å². The van der Waals surface area contributed by atoms with Crippen molar-refractivity contribution in [3.05, 3.63) is 51.2 Å². The van der Waals surface area contributed by atoms with Gasteiger partial charge in [0.25, 0.3) is 5.91 Å². The van der Waals surface area contributed by atoms with Crippen LogP contribution in [0.4, 0.5) is 5.69 Å². The third kappa shape index (κ3) is 5.19. The van der Waals surface area contributed by atoms with Gasteiger partial charge in [0, 0.05) is 16.4 Å². The number of rotatable bonds is 5. The van der Waals surface area contributed by atoms with Crippen molar-refractivity contribution in [3.63, 3.8) is 0 Å². The largest absolute Gasteiger partial charge is 0.326 e. The predicted molar refractivity (Wildman–Crippen MR) is 94.3 cm³/mol. The van der Waals surface area contributed by atoms with Gasteiger partial charge in [0.2, 0.25) is 5.91 Å². The molecule has 23 heavy (non-hydrogen) atoms. The van der Waals surface area contributed by atoms with E-state index >= 15 is 0 Å². The molecule has 7 heteroatoms. The maximum absolute atomic E-state index is 11.9. The van der Waals surface area contributed by atoms with E-state index in [1.807, 2.05) is 18.4 Å². The van der Waals surface area contributed by atoms with Crippen molar-refractivity contribution in [2.45, 2.75) is 20.3 Å². The van der Waals surface area contributed by atoms with E-state index in [1.165, 1.54) is 11.3 Å². The summed E-state index contributed by atoms with van der Waals surface area (Å²) in [6, 6.07) is 8.80. The van der Waals surface area contributed by atoms with Gasteiger partial charge in [0.1, 0.15) is 0 Å². The average molecular weight is 350 g/mol. The molecule has 0 aliphatic heterocycles. The molecule has 0 aliphatic rings. The van der Waals surface area contributed by atoms with Gasteiger partial charge in [-0.05, 0) is 43.0 Å². The Bertz CT molecular complexity index is 742. The molecule has 0 unspecified atom stereocenters. The number of carbonyl (C=O) groups is 2. The number of benzene rings is 1. The zero-order valence-corrected chi connectivity index (χ0v) is 14.3. The molecule has 2 rings (SSSR count). The smallest absolute Gasteiger partial charge is 0.281 e. The molecule has 1 aromatic carbocycles. The summed E-state index contributed by atoms with van der Waals surface area (Å²) in [5, 5.41) is 9.08. The fourth-order valence-corrected chi connectivity index (χ4v) is 2.55. The van der Waals surface area contributed by atoms with Crippen LogP contribution in [0.25, 0.3) is 0 Å². The molecule has 0 saturated heterocycles. The maximum atomic E-state index is 11.9. The van der Waals surface area contributed by atoms with E-state index in [-0.39, 0.29) is 18.2 Å². The number of thiophene rings is 1. The summed E-state index contributed by atoms with van der Waals surface area (Å²) in [5.41, 5.74) is 4.50. The SMILES string of the molecule is C/C(CC(=O)Nc1ccc(C)c(Cl)c1)=N\NC(=O)c1cccs1. The fourth-order valence-electron chi connectivity index (χ4n) is 1.76. The molecular weight excluding hydrogens is 334 g/mol. The van der Waals surface area contributed by atoms with Crippen LogP contribution in [-0.4, -0.2) is 17.5 Å². The van der Waals surface area contributed by atoms with Crippen LogP contribution in [0, 0.1) is 6.92 Å². The Labute approximate surface area is 143 Å². The lowest BCUT2D eigenvalue weighted by molar-refractivity contribution is -0.115. The summed E-state index contributed by atoms with van der Waals surface area (Å²) in [6.45, 7) is 3.57. The van der Waals surface area contributed by atoms with Crippen molar-refractivity contribution in [1.82, 2.24) is 5.43 Å². The molecule has 1 heterocycles. The van der Waals surface area contributed by atoms with Crippen molar-refractivity contribution < 1.29 is 9.59 Å². The summed E-state index contributed by atoms with van der Waals surface area (Å²) in [7, 11) is 0. The Morgan fingerprint density at radius 1 is 1.30 bits per heavy atom. The van der Waals surface area contributed by atoms with E-state index < -0.39 is 0 Å². The minimum atomic E-state index is -0.287. The van der Waals surface area contributed by atoms with E-state index in [1.54, 1.807) is 31.2 Å². The van der Waals surface area contributed by atoms with E-state index in [0.717, 1.165) is 5.56 Å². The van der Waals surface area contributed by atoms with Gasteiger partial charge in [-0.2, -0.15) is 5.10 Å². The van der Waals surface area contributed by atoms with Crippen molar-refractivity contribution in [2.24, 2.45) is 5.10 Å². The number of nitrogens with one attached hydrogen (secondary N) is 2. The molecule has 120 valence electrons. The van der Waals surface area contributed by atoms with E-state index in [2.05, 4.69) is 15.8 Å². The Morgan fingerprint density at radius 3 is 2.74 bits per heavy atom. The van der Waals surface area contributed by atoms with Crippen LogP contribution in [0.5, 0.6) is 0 Å². The summed E-state index contributed by atoms with van der Waals surface area (Å²) >= 11 is 7.34. The Kier molecular flexibility index (Phi) is 5.90. The standard InChI is InChI=1S/C16H16ClN3O2S/c1-10-5-6-12(9-13(10)17)18-15(21)8-11(2)19-20-16(22)14-4-3-7-23-14/h3-7,9H,8H2,1-2H3,(H,18,21)(H,20,22)/b19-11+. The highest BCUT2D eigenvalue weighted by Crippen LogP contribution is 2.20. The Hall–Kier alpha value is -2.18. The molecule has 0 spiro atoms. The van der Waals surface area contributed by atoms with Gasteiger partial charge in [-0.25, -0.2) is 5.43 Å². The van der Waals surface area contributed by atoms with Crippen molar-refractivity contribution in [1.29, 1.82) is 0 Å². The number of hydrogen-bond acceptors (Lipinski definition) is 4. The van der Waals surface area contributed by atoms with Gasteiger partial charge in [-0.1, -0.05) is 23.7 Å². The molecule has 2 N–H and O–H groups in total. The normalized spacial score (nSPS) is 11.2. The lowest BCUT2D eigenvalue weighted by Gasteiger charge is -2.07. The van der Waals surface area contributed by atoms with Crippen LogP contribution in [-0.2, 0) is 4.79 Å². The third-order valence-corrected chi connectivity index (χ3v) is 4.24.